The standard InChI is InChI=1S/C7H14N2O5/c1-13-2-3-14-9-7(12)5(8)4-6(10)11/h5H,2-4,8H2,1H3,(H,9,12)(H,10,11). The fraction of sp³-hybridized carbons (Fsp3) is 0.714. The Kier molecular flexibility index (Phi) is 6.63. The van der Waals surface area contributed by atoms with Crippen LogP contribution in [0.2, 0.25) is 0 Å². The second-order valence-electron chi connectivity index (χ2n) is 2.51. The Morgan fingerprint density at radius 2 is 2.14 bits per heavy atom. The molecule has 0 spiro atoms. The number of carbonyl (C=O) groups is 2. The third-order valence-electron chi connectivity index (χ3n) is 1.29. The van der Waals surface area contributed by atoms with E-state index in [1.54, 1.807) is 0 Å². The zero-order chi connectivity index (χ0) is 11.0. The molecular formula is C7H14N2O5. The van der Waals surface area contributed by atoms with E-state index in [0.29, 0.717) is 6.61 Å². The maximum absolute atomic E-state index is 11.0. The summed E-state index contributed by atoms with van der Waals surface area (Å²) in [5, 5.41) is 8.32. The molecule has 0 heterocycles. The van der Waals surface area contributed by atoms with E-state index in [-0.39, 0.29) is 6.61 Å². The van der Waals surface area contributed by atoms with Crippen LogP contribution in [0.4, 0.5) is 0 Å². The number of carboxylic acids is 1. The molecule has 0 radical (unpaired) electrons. The molecule has 4 N–H and O–H groups in total. The van der Waals surface area contributed by atoms with Crippen LogP contribution in [0.5, 0.6) is 0 Å². The number of methoxy groups -OCH3 is 1. The highest BCUT2D eigenvalue weighted by Gasteiger charge is 2.16. The molecule has 0 aliphatic carbocycles. The van der Waals surface area contributed by atoms with Crippen LogP contribution in [0.25, 0.3) is 0 Å². The van der Waals surface area contributed by atoms with Crippen LogP contribution in [0, 0.1) is 0 Å². The van der Waals surface area contributed by atoms with Gasteiger partial charge in [-0.25, -0.2) is 5.48 Å². The Bertz CT molecular complexity index is 197. The molecule has 0 aromatic rings. The first-order chi connectivity index (χ1) is 6.57. The van der Waals surface area contributed by atoms with Gasteiger partial charge in [0.2, 0.25) is 0 Å². The van der Waals surface area contributed by atoms with Gasteiger partial charge in [-0.1, -0.05) is 0 Å². The topological polar surface area (TPSA) is 111 Å². The molecule has 1 atom stereocenters. The summed E-state index contributed by atoms with van der Waals surface area (Å²) in [5.41, 5.74) is 7.24. The van der Waals surface area contributed by atoms with Crippen LogP contribution in [0.15, 0.2) is 0 Å². The first-order valence-electron chi connectivity index (χ1n) is 3.96. The molecule has 0 aliphatic rings. The van der Waals surface area contributed by atoms with Crippen LogP contribution < -0.4 is 11.2 Å². The lowest BCUT2D eigenvalue weighted by Crippen LogP contribution is -2.42. The zero-order valence-corrected chi connectivity index (χ0v) is 7.86. The van der Waals surface area contributed by atoms with Crippen molar-refractivity contribution in [2.24, 2.45) is 5.73 Å². The fourth-order valence-electron chi connectivity index (χ4n) is 0.604. The Hall–Kier alpha value is -1.18. The van der Waals surface area contributed by atoms with Crippen LogP contribution in [0.3, 0.4) is 0 Å². The molecule has 82 valence electrons. The summed E-state index contributed by atoms with van der Waals surface area (Å²) in [6.07, 6.45) is -0.431. The minimum atomic E-state index is -1.13. The number of hydroxylamine groups is 1. The normalized spacial score (nSPS) is 12.1. The lowest BCUT2D eigenvalue weighted by molar-refractivity contribution is -0.143. The van der Waals surface area contributed by atoms with Crippen molar-refractivity contribution in [3.63, 3.8) is 0 Å². The number of hydrogen-bond donors (Lipinski definition) is 3. The molecule has 14 heavy (non-hydrogen) atoms. The average Bonchev–Trinajstić information content (AvgIpc) is 2.11. The predicted molar refractivity (Wildman–Crippen MR) is 46.2 cm³/mol. The van der Waals surface area contributed by atoms with Gasteiger partial charge in [-0.15, -0.1) is 0 Å². The van der Waals surface area contributed by atoms with Gasteiger partial charge in [0.25, 0.3) is 5.91 Å². The van der Waals surface area contributed by atoms with E-state index in [1.165, 1.54) is 7.11 Å². The minimum absolute atomic E-state index is 0.183. The molecule has 1 amide bonds. The van der Waals surface area contributed by atoms with E-state index in [9.17, 15) is 9.59 Å². The fourth-order valence-corrected chi connectivity index (χ4v) is 0.604. The Morgan fingerprint density at radius 3 is 2.64 bits per heavy atom. The summed E-state index contributed by atoms with van der Waals surface area (Å²) in [6, 6.07) is -1.10. The number of nitrogens with one attached hydrogen (secondary N) is 1. The summed E-state index contributed by atoms with van der Waals surface area (Å²) >= 11 is 0. The number of rotatable bonds is 7. The summed E-state index contributed by atoms with van der Waals surface area (Å²) in [7, 11) is 1.49. The van der Waals surface area contributed by atoms with E-state index in [0.717, 1.165) is 0 Å². The second kappa shape index (κ2) is 7.25. The molecule has 0 saturated heterocycles. The van der Waals surface area contributed by atoms with Crippen molar-refractivity contribution in [2.75, 3.05) is 20.3 Å². The smallest absolute Gasteiger partial charge is 0.305 e. The van der Waals surface area contributed by atoms with Gasteiger partial charge in [0, 0.05) is 7.11 Å². The van der Waals surface area contributed by atoms with Gasteiger partial charge in [-0.2, -0.15) is 0 Å². The third-order valence-corrected chi connectivity index (χ3v) is 1.29. The van der Waals surface area contributed by atoms with E-state index in [4.69, 9.17) is 10.8 Å². The van der Waals surface area contributed by atoms with Crippen molar-refractivity contribution < 1.29 is 24.3 Å². The molecule has 0 fully saturated rings. The van der Waals surface area contributed by atoms with Crippen molar-refractivity contribution >= 4 is 11.9 Å². The largest absolute Gasteiger partial charge is 0.481 e. The van der Waals surface area contributed by atoms with Gasteiger partial charge in [0.15, 0.2) is 0 Å². The molecule has 7 heteroatoms. The number of hydrogen-bond acceptors (Lipinski definition) is 5. The lowest BCUT2D eigenvalue weighted by Gasteiger charge is -2.09. The highest BCUT2D eigenvalue weighted by molar-refractivity contribution is 5.85. The van der Waals surface area contributed by atoms with Crippen molar-refractivity contribution in [1.29, 1.82) is 0 Å². The summed E-state index contributed by atoms with van der Waals surface area (Å²) in [5.74, 6) is -1.80. The molecule has 0 bridgehead atoms. The molecule has 0 aromatic heterocycles. The maximum atomic E-state index is 11.0. The lowest BCUT2D eigenvalue weighted by atomic mass is 10.2. The molecule has 0 aromatic carbocycles. The third kappa shape index (κ3) is 6.35. The number of carboxylic acid groups (broad SMARTS) is 1. The van der Waals surface area contributed by atoms with Crippen LogP contribution >= 0.6 is 0 Å². The first kappa shape index (κ1) is 12.8. The van der Waals surface area contributed by atoms with E-state index >= 15 is 0 Å². The van der Waals surface area contributed by atoms with Gasteiger partial charge in [0.05, 0.1) is 25.7 Å². The van der Waals surface area contributed by atoms with Crippen molar-refractivity contribution in [3.05, 3.63) is 0 Å². The van der Waals surface area contributed by atoms with E-state index in [1.807, 2.05) is 5.48 Å². The number of aliphatic carboxylic acids is 1. The predicted octanol–water partition coefficient (Wildman–Crippen LogP) is -1.52. The van der Waals surface area contributed by atoms with Crippen LogP contribution in [-0.4, -0.2) is 43.3 Å². The molecule has 0 aliphatic heterocycles. The molecule has 0 saturated carbocycles. The van der Waals surface area contributed by atoms with Gasteiger partial charge in [-0.3, -0.25) is 14.4 Å². The van der Waals surface area contributed by atoms with Gasteiger partial charge < -0.3 is 15.6 Å². The van der Waals surface area contributed by atoms with Gasteiger partial charge in [0.1, 0.15) is 0 Å². The van der Waals surface area contributed by atoms with Crippen LogP contribution in [-0.2, 0) is 19.2 Å². The van der Waals surface area contributed by atoms with Gasteiger partial charge in [-0.05, 0) is 0 Å². The number of amides is 1. The highest BCUT2D eigenvalue weighted by Crippen LogP contribution is 1.88. The summed E-state index contributed by atoms with van der Waals surface area (Å²) in [4.78, 5) is 25.8. The van der Waals surface area contributed by atoms with E-state index in [2.05, 4.69) is 9.57 Å². The highest BCUT2D eigenvalue weighted by atomic mass is 16.7. The van der Waals surface area contributed by atoms with E-state index < -0.39 is 24.3 Å². The number of carbonyl (C=O) groups excluding carboxylic acids is 1. The Morgan fingerprint density at radius 1 is 1.50 bits per heavy atom. The van der Waals surface area contributed by atoms with Gasteiger partial charge >= 0.3 is 5.97 Å². The molecular weight excluding hydrogens is 192 g/mol. The SMILES string of the molecule is COCCONC(=O)C(N)CC(=O)O. The Labute approximate surface area is 81.1 Å². The quantitative estimate of drug-likeness (QED) is 0.344. The average molecular weight is 206 g/mol. The van der Waals surface area contributed by atoms with Crippen molar-refractivity contribution in [3.8, 4) is 0 Å². The molecule has 0 rings (SSSR count). The summed E-state index contributed by atoms with van der Waals surface area (Å²) < 4.78 is 4.65. The molecule has 7 nitrogen and oxygen atoms in total. The monoisotopic (exact) mass is 206 g/mol. The number of nitrogens with two attached hydrogens (primary N) is 1. The van der Waals surface area contributed by atoms with Crippen molar-refractivity contribution in [1.82, 2.24) is 5.48 Å². The Balaban J connectivity index is 3.57. The second-order valence-corrected chi connectivity index (χ2v) is 2.51. The van der Waals surface area contributed by atoms with Crippen molar-refractivity contribution in [2.45, 2.75) is 12.5 Å². The first-order valence-corrected chi connectivity index (χ1v) is 3.96. The maximum Gasteiger partial charge on any atom is 0.305 e. The molecule has 1 unspecified atom stereocenters. The summed E-state index contributed by atoms with van der Waals surface area (Å²) in [6.45, 7) is 0.510. The minimum Gasteiger partial charge on any atom is -0.481 e. The van der Waals surface area contributed by atoms with Crippen LogP contribution in [0.1, 0.15) is 6.42 Å². The zero-order valence-electron chi connectivity index (χ0n) is 7.86. The number of ether oxygens (including phenoxy) is 1.